The lowest BCUT2D eigenvalue weighted by atomic mass is 10.0. The first-order valence-electron chi connectivity index (χ1n) is 10.4. The van der Waals surface area contributed by atoms with Crippen LogP contribution in [0.2, 0.25) is 5.02 Å². The summed E-state index contributed by atoms with van der Waals surface area (Å²) in [6, 6.07) is 14.9. The van der Waals surface area contributed by atoms with Gasteiger partial charge in [0.25, 0.3) is 0 Å². The zero-order valence-corrected chi connectivity index (χ0v) is 19.8. The molecule has 1 heterocycles. The van der Waals surface area contributed by atoms with Crippen molar-refractivity contribution in [3.8, 4) is 0 Å². The molecule has 0 atom stereocenters. The maximum Gasteiger partial charge on any atom is 0.234 e. The van der Waals surface area contributed by atoms with E-state index in [9.17, 15) is 9.59 Å². The fourth-order valence-corrected chi connectivity index (χ4v) is 4.06. The van der Waals surface area contributed by atoms with Gasteiger partial charge < -0.3 is 15.2 Å². The number of para-hydroxylation sites is 1. The van der Waals surface area contributed by atoms with E-state index in [1.165, 1.54) is 17.3 Å². The number of thioether (sulfide) groups is 1. The van der Waals surface area contributed by atoms with Crippen LogP contribution in [0.1, 0.15) is 38.1 Å². The second-order valence-electron chi connectivity index (χ2n) is 7.46. The predicted molar refractivity (Wildman–Crippen MR) is 129 cm³/mol. The van der Waals surface area contributed by atoms with E-state index in [0.29, 0.717) is 34.2 Å². The smallest absolute Gasteiger partial charge is 0.234 e. The standard InChI is InChI=1S/C23H26ClN5O2S/c1-4-29-20(13-21(30)26-19-8-6-5-7-18(19)24)27-28-23(29)32-14-22(31)25-17-11-9-16(10-12-17)15(2)3/h5-12,15H,4,13-14H2,1-3H3,(H,25,31)(H,26,30). The van der Waals surface area contributed by atoms with Crippen molar-refractivity contribution >= 4 is 46.6 Å². The van der Waals surface area contributed by atoms with Gasteiger partial charge in [-0.3, -0.25) is 9.59 Å². The zero-order valence-electron chi connectivity index (χ0n) is 18.3. The molecule has 0 saturated heterocycles. The molecule has 0 aliphatic rings. The van der Waals surface area contributed by atoms with E-state index in [1.807, 2.05) is 35.8 Å². The molecule has 0 bridgehead atoms. The van der Waals surface area contributed by atoms with Gasteiger partial charge in [0.15, 0.2) is 5.16 Å². The van der Waals surface area contributed by atoms with Crippen molar-refractivity contribution in [1.29, 1.82) is 0 Å². The molecular weight excluding hydrogens is 446 g/mol. The molecule has 168 valence electrons. The van der Waals surface area contributed by atoms with Gasteiger partial charge in [-0.2, -0.15) is 0 Å². The number of aromatic nitrogens is 3. The van der Waals surface area contributed by atoms with Crippen molar-refractivity contribution in [3.63, 3.8) is 0 Å². The fourth-order valence-electron chi connectivity index (χ4n) is 3.05. The Kier molecular flexibility index (Phi) is 8.30. The quantitative estimate of drug-likeness (QED) is 0.429. The number of benzene rings is 2. The first-order chi connectivity index (χ1) is 15.4. The van der Waals surface area contributed by atoms with Crippen molar-refractivity contribution in [2.24, 2.45) is 0 Å². The van der Waals surface area contributed by atoms with E-state index in [2.05, 4.69) is 34.7 Å². The molecular formula is C23H26ClN5O2S. The van der Waals surface area contributed by atoms with E-state index in [1.54, 1.807) is 24.3 Å². The minimum absolute atomic E-state index is 0.0566. The van der Waals surface area contributed by atoms with Crippen molar-refractivity contribution in [2.45, 2.75) is 44.8 Å². The lowest BCUT2D eigenvalue weighted by molar-refractivity contribution is -0.116. The summed E-state index contributed by atoms with van der Waals surface area (Å²) in [5.41, 5.74) is 2.53. The molecule has 0 fully saturated rings. The number of halogens is 1. The normalized spacial score (nSPS) is 10.9. The molecule has 0 unspecified atom stereocenters. The second kappa shape index (κ2) is 11.2. The molecule has 3 aromatic rings. The van der Waals surface area contributed by atoms with Gasteiger partial charge in [0.1, 0.15) is 5.82 Å². The molecule has 2 aromatic carbocycles. The average molecular weight is 472 g/mol. The minimum Gasteiger partial charge on any atom is -0.325 e. The summed E-state index contributed by atoms with van der Waals surface area (Å²) in [5, 5.41) is 15.1. The van der Waals surface area contributed by atoms with Crippen LogP contribution >= 0.6 is 23.4 Å². The maximum atomic E-state index is 12.4. The number of hydrogen-bond acceptors (Lipinski definition) is 5. The summed E-state index contributed by atoms with van der Waals surface area (Å²) in [5.74, 6) is 0.798. The van der Waals surface area contributed by atoms with Crippen LogP contribution in [0.25, 0.3) is 0 Å². The zero-order chi connectivity index (χ0) is 23.1. The van der Waals surface area contributed by atoms with E-state index in [4.69, 9.17) is 11.6 Å². The summed E-state index contributed by atoms with van der Waals surface area (Å²) < 4.78 is 1.83. The molecule has 0 radical (unpaired) electrons. The number of nitrogens with one attached hydrogen (secondary N) is 2. The molecule has 0 saturated carbocycles. The van der Waals surface area contributed by atoms with Crippen LogP contribution < -0.4 is 10.6 Å². The van der Waals surface area contributed by atoms with Crippen LogP contribution in [0.5, 0.6) is 0 Å². The third-order valence-electron chi connectivity index (χ3n) is 4.77. The number of carbonyl (C=O) groups excluding carboxylic acids is 2. The molecule has 0 aliphatic heterocycles. The monoisotopic (exact) mass is 471 g/mol. The lowest BCUT2D eigenvalue weighted by Gasteiger charge is -2.10. The number of rotatable bonds is 9. The summed E-state index contributed by atoms with van der Waals surface area (Å²) in [4.78, 5) is 24.8. The number of hydrogen-bond donors (Lipinski definition) is 2. The van der Waals surface area contributed by atoms with Crippen LogP contribution in [-0.4, -0.2) is 32.3 Å². The fraction of sp³-hybridized carbons (Fsp3) is 0.304. The van der Waals surface area contributed by atoms with Gasteiger partial charge >= 0.3 is 0 Å². The Bertz CT molecular complexity index is 1080. The van der Waals surface area contributed by atoms with E-state index >= 15 is 0 Å². The van der Waals surface area contributed by atoms with Crippen molar-refractivity contribution < 1.29 is 9.59 Å². The largest absolute Gasteiger partial charge is 0.325 e. The number of nitrogens with zero attached hydrogens (tertiary/aromatic N) is 3. The van der Waals surface area contributed by atoms with E-state index < -0.39 is 0 Å². The molecule has 1 aromatic heterocycles. The third kappa shape index (κ3) is 6.34. The Morgan fingerprint density at radius 3 is 2.41 bits per heavy atom. The molecule has 7 nitrogen and oxygen atoms in total. The Morgan fingerprint density at radius 2 is 1.75 bits per heavy atom. The van der Waals surface area contributed by atoms with Gasteiger partial charge in [0, 0.05) is 12.2 Å². The van der Waals surface area contributed by atoms with Crippen molar-refractivity contribution in [3.05, 3.63) is 64.9 Å². The summed E-state index contributed by atoms with van der Waals surface area (Å²) in [6.45, 7) is 6.78. The maximum absolute atomic E-state index is 12.4. The summed E-state index contributed by atoms with van der Waals surface area (Å²) >= 11 is 7.38. The molecule has 2 N–H and O–H groups in total. The van der Waals surface area contributed by atoms with Crippen LogP contribution in [0.4, 0.5) is 11.4 Å². The SMILES string of the molecule is CCn1c(CC(=O)Nc2ccccc2Cl)nnc1SCC(=O)Nc1ccc(C(C)C)cc1. The molecule has 32 heavy (non-hydrogen) atoms. The molecule has 2 amide bonds. The number of anilines is 2. The Labute approximate surface area is 197 Å². The average Bonchev–Trinajstić information content (AvgIpc) is 3.15. The van der Waals surface area contributed by atoms with E-state index in [-0.39, 0.29) is 24.0 Å². The Balaban J connectivity index is 1.56. The highest BCUT2D eigenvalue weighted by molar-refractivity contribution is 7.99. The number of carbonyl (C=O) groups is 2. The summed E-state index contributed by atoms with van der Waals surface area (Å²) in [6.07, 6.45) is 0.0566. The highest BCUT2D eigenvalue weighted by Crippen LogP contribution is 2.22. The van der Waals surface area contributed by atoms with Crippen molar-refractivity contribution in [1.82, 2.24) is 14.8 Å². The first-order valence-corrected chi connectivity index (χ1v) is 11.7. The first kappa shape index (κ1) is 23.8. The van der Waals surface area contributed by atoms with Gasteiger partial charge in [-0.25, -0.2) is 0 Å². The van der Waals surface area contributed by atoms with E-state index in [0.717, 1.165) is 5.69 Å². The van der Waals surface area contributed by atoms with Gasteiger partial charge in [-0.1, -0.05) is 61.5 Å². The number of amides is 2. The Morgan fingerprint density at radius 1 is 1.03 bits per heavy atom. The van der Waals surface area contributed by atoms with Crippen LogP contribution in [0.15, 0.2) is 53.7 Å². The molecule has 3 rings (SSSR count). The van der Waals surface area contributed by atoms with Gasteiger partial charge in [-0.15, -0.1) is 10.2 Å². The third-order valence-corrected chi connectivity index (χ3v) is 6.07. The molecule has 9 heteroatoms. The van der Waals surface area contributed by atoms with Crippen LogP contribution in [0, 0.1) is 0 Å². The topological polar surface area (TPSA) is 88.9 Å². The highest BCUT2D eigenvalue weighted by atomic mass is 35.5. The molecule has 0 spiro atoms. The van der Waals surface area contributed by atoms with Crippen LogP contribution in [0.3, 0.4) is 0 Å². The molecule has 0 aliphatic carbocycles. The minimum atomic E-state index is -0.237. The van der Waals surface area contributed by atoms with Gasteiger partial charge in [-0.05, 0) is 42.7 Å². The van der Waals surface area contributed by atoms with Crippen LogP contribution in [-0.2, 0) is 22.6 Å². The summed E-state index contributed by atoms with van der Waals surface area (Å²) in [7, 11) is 0. The van der Waals surface area contributed by atoms with Gasteiger partial charge in [0.2, 0.25) is 11.8 Å². The predicted octanol–water partition coefficient (Wildman–Crippen LogP) is 4.99. The second-order valence-corrected chi connectivity index (χ2v) is 8.81. The highest BCUT2D eigenvalue weighted by Gasteiger charge is 2.16. The Hall–Kier alpha value is -2.84. The van der Waals surface area contributed by atoms with Gasteiger partial charge in [0.05, 0.1) is 22.9 Å². The van der Waals surface area contributed by atoms with Crippen molar-refractivity contribution in [2.75, 3.05) is 16.4 Å². The lowest BCUT2D eigenvalue weighted by Crippen LogP contribution is -2.18.